The fourth-order valence-corrected chi connectivity index (χ4v) is 1.86. The minimum absolute atomic E-state index is 0.111. The molecule has 1 heterocycles. The molecule has 0 saturated carbocycles. The van der Waals surface area contributed by atoms with E-state index in [-0.39, 0.29) is 11.9 Å². The Bertz CT molecular complexity index is 393. The molecule has 0 aliphatic carbocycles. The highest BCUT2D eigenvalue weighted by Gasteiger charge is 2.16. The van der Waals surface area contributed by atoms with Crippen LogP contribution in [0.25, 0.3) is 0 Å². The van der Waals surface area contributed by atoms with E-state index in [4.69, 9.17) is 4.74 Å². The van der Waals surface area contributed by atoms with E-state index < -0.39 is 0 Å². The Labute approximate surface area is 109 Å². The summed E-state index contributed by atoms with van der Waals surface area (Å²) in [5.74, 6) is -0.249. The van der Waals surface area contributed by atoms with Crippen LogP contribution in [0.15, 0.2) is 18.2 Å². The summed E-state index contributed by atoms with van der Waals surface area (Å²) < 4.78 is 4.99. The summed E-state index contributed by atoms with van der Waals surface area (Å²) in [6.45, 7) is 7.54. The number of esters is 1. The first-order chi connectivity index (χ1) is 8.52. The monoisotopic (exact) mass is 250 g/mol. The predicted octanol–water partition coefficient (Wildman–Crippen LogP) is 2.02. The minimum atomic E-state index is -0.137. The van der Waals surface area contributed by atoms with Crippen LogP contribution in [0.2, 0.25) is 0 Å². The SMILES string of the molecule is CCOC(=O)C(C)CN(C)Cc1cccc(C)n1. The summed E-state index contributed by atoms with van der Waals surface area (Å²) in [6, 6.07) is 5.98. The molecule has 4 nitrogen and oxygen atoms in total. The molecule has 100 valence electrons. The van der Waals surface area contributed by atoms with Gasteiger partial charge in [0.2, 0.25) is 0 Å². The van der Waals surface area contributed by atoms with Gasteiger partial charge in [-0.15, -0.1) is 0 Å². The fourth-order valence-electron chi connectivity index (χ4n) is 1.86. The quantitative estimate of drug-likeness (QED) is 0.724. The molecule has 1 atom stereocenters. The molecule has 0 aliphatic rings. The number of pyridine rings is 1. The molecular formula is C14H22N2O2. The Hall–Kier alpha value is -1.42. The molecule has 0 radical (unpaired) electrons. The van der Waals surface area contributed by atoms with E-state index in [0.717, 1.165) is 17.9 Å². The van der Waals surface area contributed by atoms with Crippen molar-refractivity contribution in [1.82, 2.24) is 9.88 Å². The summed E-state index contributed by atoms with van der Waals surface area (Å²) in [6.07, 6.45) is 0. The van der Waals surface area contributed by atoms with Gasteiger partial charge in [-0.1, -0.05) is 13.0 Å². The van der Waals surface area contributed by atoms with E-state index >= 15 is 0 Å². The van der Waals surface area contributed by atoms with Gasteiger partial charge in [-0.05, 0) is 33.0 Å². The normalized spacial score (nSPS) is 12.5. The lowest BCUT2D eigenvalue weighted by Gasteiger charge is -2.20. The number of carbonyl (C=O) groups is 1. The van der Waals surface area contributed by atoms with Crippen molar-refractivity contribution in [2.45, 2.75) is 27.3 Å². The summed E-state index contributed by atoms with van der Waals surface area (Å²) in [4.78, 5) is 18.1. The molecule has 0 bridgehead atoms. The standard InChI is InChI=1S/C14H22N2O2/c1-5-18-14(17)11(2)9-16(4)10-13-8-6-7-12(3)15-13/h6-8,11H,5,9-10H2,1-4H3. The van der Waals surface area contributed by atoms with Gasteiger partial charge in [0.15, 0.2) is 0 Å². The fraction of sp³-hybridized carbons (Fsp3) is 0.571. The second-order valence-corrected chi connectivity index (χ2v) is 4.62. The molecule has 0 aromatic carbocycles. The Balaban J connectivity index is 2.46. The van der Waals surface area contributed by atoms with Crippen molar-refractivity contribution in [3.05, 3.63) is 29.6 Å². The maximum atomic E-state index is 11.5. The van der Waals surface area contributed by atoms with Crippen molar-refractivity contribution in [2.24, 2.45) is 5.92 Å². The van der Waals surface area contributed by atoms with E-state index in [9.17, 15) is 4.79 Å². The first-order valence-corrected chi connectivity index (χ1v) is 6.30. The molecule has 1 aromatic rings. The zero-order chi connectivity index (χ0) is 13.5. The van der Waals surface area contributed by atoms with E-state index in [1.54, 1.807) is 0 Å². The largest absolute Gasteiger partial charge is 0.466 e. The smallest absolute Gasteiger partial charge is 0.309 e. The molecule has 1 unspecified atom stereocenters. The topological polar surface area (TPSA) is 42.4 Å². The van der Waals surface area contributed by atoms with Gasteiger partial charge in [-0.25, -0.2) is 0 Å². The number of aromatic nitrogens is 1. The third-order valence-electron chi connectivity index (χ3n) is 2.65. The van der Waals surface area contributed by atoms with E-state index in [1.165, 1.54) is 0 Å². The Morgan fingerprint density at radius 1 is 1.50 bits per heavy atom. The van der Waals surface area contributed by atoms with E-state index in [2.05, 4.69) is 9.88 Å². The summed E-state index contributed by atoms with van der Waals surface area (Å²) >= 11 is 0. The first kappa shape index (κ1) is 14.6. The van der Waals surface area contributed by atoms with Crippen LogP contribution in [0.5, 0.6) is 0 Å². The van der Waals surface area contributed by atoms with Gasteiger partial charge in [0.25, 0.3) is 0 Å². The van der Waals surface area contributed by atoms with Crippen molar-refractivity contribution >= 4 is 5.97 Å². The maximum absolute atomic E-state index is 11.5. The van der Waals surface area contributed by atoms with E-state index in [1.807, 2.05) is 46.0 Å². The highest BCUT2D eigenvalue weighted by atomic mass is 16.5. The van der Waals surface area contributed by atoms with Crippen LogP contribution in [0.4, 0.5) is 0 Å². The average Bonchev–Trinajstić information content (AvgIpc) is 2.28. The van der Waals surface area contributed by atoms with Crippen LogP contribution < -0.4 is 0 Å². The molecule has 0 aliphatic heterocycles. The van der Waals surface area contributed by atoms with Crippen LogP contribution >= 0.6 is 0 Å². The van der Waals surface area contributed by atoms with Crippen molar-refractivity contribution in [2.75, 3.05) is 20.2 Å². The van der Waals surface area contributed by atoms with Crippen LogP contribution in [0.3, 0.4) is 0 Å². The van der Waals surface area contributed by atoms with Gasteiger partial charge in [-0.2, -0.15) is 0 Å². The second kappa shape index (κ2) is 7.11. The first-order valence-electron chi connectivity index (χ1n) is 6.30. The third kappa shape index (κ3) is 4.84. The third-order valence-corrected chi connectivity index (χ3v) is 2.65. The van der Waals surface area contributed by atoms with Crippen molar-refractivity contribution in [3.8, 4) is 0 Å². The highest BCUT2D eigenvalue weighted by molar-refractivity contribution is 5.72. The number of hydrogen-bond donors (Lipinski definition) is 0. The lowest BCUT2D eigenvalue weighted by atomic mass is 10.1. The Kier molecular flexibility index (Phi) is 5.78. The number of ether oxygens (including phenoxy) is 1. The predicted molar refractivity (Wildman–Crippen MR) is 71.1 cm³/mol. The van der Waals surface area contributed by atoms with Crippen LogP contribution in [0.1, 0.15) is 25.2 Å². The van der Waals surface area contributed by atoms with Crippen LogP contribution in [-0.4, -0.2) is 36.1 Å². The van der Waals surface area contributed by atoms with Crippen molar-refractivity contribution in [1.29, 1.82) is 0 Å². The number of aryl methyl sites for hydroxylation is 1. The Morgan fingerprint density at radius 2 is 2.22 bits per heavy atom. The molecule has 0 N–H and O–H groups in total. The second-order valence-electron chi connectivity index (χ2n) is 4.62. The number of rotatable bonds is 6. The minimum Gasteiger partial charge on any atom is -0.466 e. The number of hydrogen-bond acceptors (Lipinski definition) is 4. The molecule has 0 saturated heterocycles. The Morgan fingerprint density at radius 3 is 2.83 bits per heavy atom. The molecule has 4 heteroatoms. The molecule has 0 fully saturated rings. The maximum Gasteiger partial charge on any atom is 0.309 e. The van der Waals surface area contributed by atoms with E-state index in [0.29, 0.717) is 13.2 Å². The zero-order valence-electron chi connectivity index (χ0n) is 11.6. The van der Waals surface area contributed by atoms with Gasteiger partial charge in [0.1, 0.15) is 0 Å². The highest BCUT2D eigenvalue weighted by Crippen LogP contribution is 2.06. The summed E-state index contributed by atoms with van der Waals surface area (Å²) in [7, 11) is 1.99. The average molecular weight is 250 g/mol. The number of carbonyl (C=O) groups excluding carboxylic acids is 1. The van der Waals surface area contributed by atoms with Crippen molar-refractivity contribution < 1.29 is 9.53 Å². The zero-order valence-corrected chi connectivity index (χ0v) is 11.6. The van der Waals surface area contributed by atoms with Gasteiger partial charge >= 0.3 is 5.97 Å². The lowest BCUT2D eigenvalue weighted by Crippen LogP contribution is -2.29. The van der Waals surface area contributed by atoms with Gasteiger partial charge in [-0.3, -0.25) is 14.7 Å². The van der Waals surface area contributed by atoms with Crippen LogP contribution in [-0.2, 0) is 16.1 Å². The molecule has 0 amide bonds. The lowest BCUT2D eigenvalue weighted by molar-refractivity contribution is -0.147. The summed E-state index contributed by atoms with van der Waals surface area (Å²) in [5, 5.41) is 0. The number of nitrogens with zero attached hydrogens (tertiary/aromatic N) is 2. The molecule has 18 heavy (non-hydrogen) atoms. The van der Waals surface area contributed by atoms with Crippen LogP contribution in [0, 0.1) is 12.8 Å². The molecular weight excluding hydrogens is 228 g/mol. The summed E-state index contributed by atoms with van der Waals surface area (Å²) in [5.41, 5.74) is 2.04. The molecule has 0 spiro atoms. The molecule has 1 aromatic heterocycles. The molecule has 1 rings (SSSR count). The van der Waals surface area contributed by atoms with Crippen molar-refractivity contribution in [3.63, 3.8) is 0 Å². The van der Waals surface area contributed by atoms with Gasteiger partial charge in [0.05, 0.1) is 18.2 Å². The van der Waals surface area contributed by atoms with Gasteiger partial charge in [0, 0.05) is 18.8 Å². The van der Waals surface area contributed by atoms with Gasteiger partial charge < -0.3 is 4.74 Å².